The molecule has 0 unspecified atom stereocenters. The minimum atomic E-state index is -0.204. The highest BCUT2D eigenvalue weighted by Crippen LogP contribution is 2.16. The third kappa shape index (κ3) is 4.63. The van der Waals surface area contributed by atoms with Gasteiger partial charge in [-0.25, -0.2) is 4.98 Å². The minimum Gasteiger partial charge on any atom is -0.497 e. The van der Waals surface area contributed by atoms with Crippen molar-refractivity contribution >= 4 is 23.4 Å². The second-order valence-electron chi connectivity index (χ2n) is 4.46. The van der Waals surface area contributed by atoms with Crippen LogP contribution in [0.25, 0.3) is 0 Å². The molecule has 2 N–H and O–H groups in total. The molecular formula is C15H17N3O3S. The van der Waals surface area contributed by atoms with Crippen LogP contribution in [0.4, 0.5) is 5.69 Å². The summed E-state index contributed by atoms with van der Waals surface area (Å²) in [5, 5.41) is 3.22. The lowest BCUT2D eigenvalue weighted by molar-refractivity contribution is -0.113. The summed E-state index contributed by atoms with van der Waals surface area (Å²) in [6.45, 7) is 1.92. The molecule has 0 saturated heterocycles. The molecule has 116 valence electrons. The highest BCUT2D eigenvalue weighted by Gasteiger charge is 2.06. The molecule has 0 aliphatic rings. The van der Waals surface area contributed by atoms with Crippen LogP contribution in [0.2, 0.25) is 0 Å². The number of methoxy groups -OCH3 is 1. The highest BCUT2D eigenvalue weighted by molar-refractivity contribution is 7.99. The van der Waals surface area contributed by atoms with Gasteiger partial charge in [-0.3, -0.25) is 9.59 Å². The molecule has 1 aromatic carbocycles. The van der Waals surface area contributed by atoms with Crippen LogP contribution in [-0.2, 0) is 11.2 Å². The number of hydrogen-bond donors (Lipinski definition) is 2. The Bertz CT molecular complexity index is 698. The topological polar surface area (TPSA) is 84.1 Å². The molecule has 6 nitrogen and oxygen atoms in total. The first kappa shape index (κ1) is 16.1. The fourth-order valence-corrected chi connectivity index (χ4v) is 2.43. The lowest BCUT2D eigenvalue weighted by Gasteiger charge is -2.06. The number of nitrogens with zero attached hydrogens (tertiary/aromatic N) is 1. The van der Waals surface area contributed by atoms with Gasteiger partial charge < -0.3 is 15.0 Å². The summed E-state index contributed by atoms with van der Waals surface area (Å²) < 4.78 is 5.05. The van der Waals surface area contributed by atoms with Gasteiger partial charge in [0.1, 0.15) is 5.75 Å². The lowest BCUT2D eigenvalue weighted by Crippen LogP contribution is -2.15. The molecule has 0 aliphatic heterocycles. The number of aromatic amines is 1. The van der Waals surface area contributed by atoms with Gasteiger partial charge in [-0.1, -0.05) is 18.7 Å². The average molecular weight is 319 g/mol. The van der Waals surface area contributed by atoms with Crippen LogP contribution in [0, 0.1) is 0 Å². The molecule has 7 heteroatoms. The molecule has 0 radical (unpaired) electrons. The zero-order valence-electron chi connectivity index (χ0n) is 12.4. The van der Waals surface area contributed by atoms with Gasteiger partial charge >= 0.3 is 0 Å². The van der Waals surface area contributed by atoms with Crippen LogP contribution in [0.5, 0.6) is 5.75 Å². The average Bonchev–Trinajstić information content (AvgIpc) is 2.53. The van der Waals surface area contributed by atoms with E-state index in [9.17, 15) is 9.59 Å². The fourth-order valence-electron chi connectivity index (χ4n) is 1.74. The predicted molar refractivity (Wildman–Crippen MR) is 86.6 cm³/mol. The SMILES string of the molecule is CCc1cc(=O)[nH]c(SCC(=O)Nc2ccc(OC)cc2)n1. The zero-order chi connectivity index (χ0) is 15.9. The van der Waals surface area contributed by atoms with Crippen molar-refractivity contribution in [2.24, 2.45) is 0 Å². The first-order valence-corrected chi connectivity index (χ1v) is 7.76. The molecule has 2 aromatic rings. The summed E-state index contributed by atoms with van der Waals surface area (Å²) in [6.07, 6.45) is 0.676. The van der Waals surface area contributed by atoms with E-state index in [2.05, 4.69) is 15.3 Å². The van der Waals surface area contributed by atoms with Crippen molar-refractivity contribution in [1.82, 2.24) is 9.97 Å². The Morgan fingerprint density at radius 2 is 2.09 bits per heavy atom. The molecule has 1 amide bonds. The van der Waals surface area contributed by atoms with E-state index >= 15 is 0 Å². The summed E-state index contributed by atoms with van der Waals surface area (Å²) in [5.74, 6) is 0.729. The molecule has 1 heterocycles. The van der Waals surface area contributed by atoms with Crippen molar-refractivity contribution in [2.45, 2.75) is 18.5 Å². The Hall–Kier alpha value is -2.28. The van der Waals surface area contributed by atoms with Gasteiger partial charge in [0.2, 0.25) is 5.91 Å². The number of carbonyl (C=O) groups excluding carboxylic acids is 1. The number of aryl methyl sites for hydroxylation is 1. The first-order valence-electron chi connectivity index (χ1n) is 6.77. The Morgan fingerprint density at radius 1 is 1.36 bits per heavy atom. The third-order valence-corrected chi connectivity index (χ3v) is 3.72. The van der Waals surface area contributed by atoms with Gasteiger partial charge in [0, 0.05) is 17.4 Å². The standard InChI is InChI=1S/C15H17N3O3S/c1-3-10-8-13(19)18-15(17-10)22-9-14(20)16-11-4-6-12(21-2)7-5-11/h4-8H,3,9H2,1-2H3,(H,16,20)(H,17,18,19). The molecule has 1 aromatic heterocycles. The number of thioether (sulfide) groups is 1. The van der Waals surface area contributed by atoms with Crippen molar-refractivity contribution < 1.29 is 9.53 Å². The number of amides is 1. The lowest BCUT2D eigenvalue weighted by atomic mass is 10.3. The summed E-state index contributed by atoms with van der Waals surface area (Å²) in [4.78, 5) is 30.2. The quantitative estimate of drug-likeness (QED) is 0.629. The van der Waals surface area contributed by atoms with Crippen LogP contribution in [0.15, 0.2) is 40.3 Å². The van der Waals surface area contributed by atoms with Crippen molar-refractivity contribution in [3.63, 3.8) is 0 Å². The minimum absolute atomic E-state index is 0.167. The smallest absolute Gasteiger partial charge is 0.251 e. The summed E-state index contributed by atoms with van der Waals surface area (Å²) in [5.41, 5.74) is 1.20. The van der Waals surface area contributed by atoms with Crippen LogP contribution in [0.1, 0.15) is 12.6 Å². The zero-order valence-corrected chi connectivity index (χ0v) is 13.2. The molecule has 0 fully saturated rings. The molecule has 0 aliphatic carbocycles. The van der Waals surface area contributed by atoms with Crippen LogP contribution < -0.4 is 15.6 Å². The number of nitrogens with one attached hydrogen (secondary N) is 2. The number of H-pyrrole nitrogens is 1. The normalized spacial score (nSPS) is 10.3. The van der Waals surface area contributed by atoms with E-state index in [0.29, 0.717) is 23.0 Å². The monoisotopic (exact) mass is 319 g/mol. The Balaban J connectivity index is 1.92. The molecule has 22 heavy (non-hydrogen) atoms. The molecular weight excluding hydrogens is 302 g/mol. The summed E-state index contributed by atoms with van der Waals surface area (Å²) in [7, 11) is 1.59. The maximum atomic E-state index is 11.9. The van der Waals surface area contributed by atoms with Crippen molar-refractivity contribution in [3.8, 4) is 5.75 Å². The van der Waals surface area contributed by atoms with E-state index in [-0.39, 0.29) is 17.2 Å². The largest absolute Gasteiger partial charge is 0.497 e. The summed E-state index contributed by atoms with van der Waals surface area (Å²) >= 11 is 1.20. The van der Waals surface area contributed by atoms with E-state index in [1.165, 1.54) is 17.8 Å². The second kappa shape index (κ2) is 7.65. The number of carbonyl (C=O) groups is 1. The molecule has 2 rings (SSSR count). The van der Waals surface area contributed by atoms with Crippen LogP contribution in [0.3, 0.4) is 0 Å². The number of hydrogen-bond acceptors (Lipinski definition) is 5. The van der Waals surface area contributed by atoms with E-state index in [0.717, 1.165) is 5.75 Å². The third-order valence-electron chi connectivity index (χ3n) is 2.85. The molecule has 0 atom stereocenters. The van der Waals surface area contributed by atoms with E-state index in [1.54, 1.807) is 31.4 Å². The fraction of sp³-hybridized carbons (Fsp3) is 0.267. The van der Waals surface area contributed by atoms with Gasteiger partial charge in [0.15, 0.2) is 5.16 Å². The number of anilines is 1. The van der Waals surface area contributed by atoms with Gasteiger partial charge in [0.05, 0.1) is 12.9 Å². The van der Waals surface area contributed by atoms with E-state index < -0.39 is 0 Å². The number of rotatable bonds is 6. The Kier molecular flexibility index (Phi) is 5.60. The summed E-state index contributed by atoms with van der Waals surface area (Å²) in [6, 6.07) is 8.53. The van der Waals surface area contributed by atoms with Crippen LogP contribution in [-0.4, -0.2) is 28.7 Å². The van der Waals surface area contributed by atoms with Gasteiger partial charge in [-0.05, 0) is 30.7 Å². The number of ether oxygens (including phenoxy) is 1. The maximum Gasteiger partial charge on any atom is 0.251 e. The second-order valence-corrected chi connectivity index (χ2v) is 5.42. The first-order chi connectivity index (χ1) is 10.6. The van der Waals surface area contributed by atoms with Crippen LogP contribution >= 0.6 is 11.8 Å². The van der Waals surface area contributed by atoms with Crippen molar-refractivity contribution in [2.75, 3.05) is 18.2 Å². The van der Waals surface area contributed by atoms with E-state index in [1.807, 2.05) is 6.92 Å². The number of aromatic nitrogens is 2. The van der Waals surface area contributed by atoms with Gasteiger partial charge in [-0.15, -0.1) is 0 Å². The van der Waals surface area contributed by atoms with Gasteiger partial charge in [0.25, 0.3) is 5.56 Å². The number of benzene rings is 1. The van der Waals surface area contributed by atoms with Crippen molar-refractivity contribution in [3.05, 3.63) is 46.4 Å². The highest BCUT2D eigenvalue weighted by atomic mass is 32.2. The van der Waals surface area contributed by atoms with Crippen molar-refractivity contribution in [1.29, 1.82) is 0 Å². The molecule has 0 spiro atoms. The Morgan fingerprint density at radius 3 is 2.73 bits per heavy atom. The molecule has 0 saturated carbocycles. The maximum absolute atomic E-state index is 11.9. The van der Waals surface area contributed by atoms with Gasteiger partial charge in [-0.2, -0.15) is 0 Å². The predicted octanol–water partition coefficient (Wildman–Crippen LogP) is 2.07. The van der Waals surface area contributed by atoms with E-state index in [4.69, 9.17) is 4.74 Å². The molecule has 0 bridgehead atoms. The Labute approximate surface area is 132 Å².